The second-order valence-corrected chi connectivity index (χ2v) is 8.98. The number of rotatable bonds is 5. The maximum Gasteiger partial charge on any atom is 0.243 e. The van der Waals surface area contributed by atoms with Crippen molar-refractivity contribution in [3.05, 3.63) is 60.1 Å². The van der Waals surface area contributed by atoms with Crippen molar-refractivity contribution in [3.8, 4) is 5.75 Å². The van der Waals surface area contributed by atoms with Gasteiger partial charge in [0.2, 0.25) is 15.9 Å². The van der Waals surface area contributed by atoms with Gasteiger partial charge >= 0.3 is 0 Å². The van der Waals surface area contributed by atoms with Gasteiger partial charge in [-0.15, -0.1) is 0 Å². The summed E-state index contributed by atoms with van der Waals surface area (Å²) in [6.07, 6.45) is 1.72. The van der Waals surface area contributed by atoms with Crippen LogP contribution in [0.5, 0.6) is 5.75 Å². The molecule has 3 aromatic rings. The summed E-state index contributed by atoms with van der Waals surface area (Å²) in [5.41, 5.74) is 1.41. The van der Waals surface area contributed by atoms with Crippen molar-refractivity contribution < 1.29 is 26.8 Å². The van der Waals surface area contributed by atoms with Gasteiger partial charge in [-0.2, -0.15) is 4.31 Å². The van der Waals surface area contributed by atoms with Crippen LogP contribution in [-0.2, 0) is 21.2 Å². The Morgan fingerprint density at radius 1 is 1.13 bits per heavy atom. The zero-order valence-corrected chi connectivity index (χ0v) is 17.2. The minimum absolute atomic E-state index is 0.0810. The number of nitrogens with zero attached hydrogens (tertiary/aromatic N) is 2. The summed E-state index contributed by atoms with van der Waals surface area (Å²) >= 11 is 0. The lowest BCUT2D eigenvalue weighted by Gasteiger charge is -2.34. The molecule has 158 valence electrons. The standard InChI is InChI=1S/C21H21FN2O5S/c1-28-17-5-6-19-15(14-29-20(19)13-17)11-21(25)23-7-9-24(10-8-23)30(26,27)18-4-2-3-16(22)12-18/h2-6,12-14H,7-11H2,1H3. The number of halogens is 1. The average Bonchev–Trinajstić information content (AvgIpc) is 3.15. The SMILES string of the molecule is COc1ccc2c(CC(=O)N3CCN(S(=O)(=O)c4cccc(F)c4)CC3)coc2c1. The van der Waals surface area contributed by atoms with Crippen molar-refractivity contribution in [2.24, 2.45) is 0 Å². The molecule has 2 aromatic carbocycles. The second kappa shape index (κ2) is 8.08. The van der Waals surface area contributed by atoms with Gasteiger partial charge in [-0.3, -0.25) is 4.79 Å². The number of hydrogen-bond acceptors (Lipinski definition) is 5. The Kier molecular flexibility index (Phi) is 5.48. The van der Waals surface area contributed by atoms with E-state index < -0.39 is 15.8 Å². The molecule has 1 aliphatic rings. The highest BCUT2D eigenvalue weighted by Crippen LogP contribution is 2.26. The normalized spacial score (nSPS) is 15.5. The van der Waals surface area contributed by atoms with E-state index in [1.165, 1.54) is 22.5 Å². The molecule has 0 N–H and O–H groups in total. The minimum Gasteiger partial charge on any atom is -0.497 e. The van der Waals surface area contributed by atoms with Crippen LogP contribution in [0.1, 0.15) is 5.56 Å². The number of carbonyl (C=O) groups is 1. The molecule has 2 heterocycles. The van der Waals surface area contributed by atoms with E-state index in [-0.39, 0.29) is 43.4 Å². The third kappa shape index (κ3) is 3.90. The van der Waals surface area contributed by atoms with Gasteiger partial charge in [-0.25, -0.2) is 12.8 Å². The molecule has 0 aliphatic carbocycles. The predicted octanol–water partition coefficient (Wildman–Crippen LogP) is 2.66. The minimum atomic E-state index is -3.79. The van der Waals surface area contributed by atoms with Crippen LogP contribution < -0.4 is 4.74 Å². The maximum atomic E-state index is 13.4. The molecule has 0 unspecified atom stereocenters. The van der Waals surface area contributed by atoms with E-state index in [0.29, 0.717) is 11.3 Å². The van der Waals surface area contributed by atoms with Crippen LogP contribution in [-0.4, -0.2) is 56.8 Å². The number of amides is 1. The smallest absolute Gasteiger partial charge is 0.243 e. The number of ether oxygens (including phenoxy) is 1. The Morgan fingerprint density at radius 2 is 1.90 bits per heavy atom. The van der Waals surface area contributed by atoms with Crippen LogP contribution in [0.3, 0.4) is 0 Å². The van der Waals surface area contributed by atoms with E-state index >= 15 is 0 Å². The quantitative estimate of drug-likeness (QED) is 0.619. The van der Waals surface area contributed by atoms with Crippen LogP contribution in [0.25, 0.3) is 11.0 Å². The first-order chi connectivity index (χ1) is 14.4. The van der Waals surface area contributed by atoms with Crippen LogP contribution in [0, 0.1) is 5.82 Å². The van der Waals surface area contributed by atoms with E-state index in [1.54, 1.807) is 24.3 Å². The molecule has 0 atom stereocenters. The van der Waals surface area contributed by atoms with E-state index in [2.05, 4.69) is 0 Å². The number of methoxy groups -OCH3 is 1. The first-order valence-electron chi connectivity index (χ1n) is 9.46. The van der Waals surface area contributed by atoms with Crippen molar-refractivity contribution in [2.45, 2.75) is 11.3 Å². The summed E-state index contributed by atoms with van der Waals surface area (Å²) in [7, 11) is -2.22. The zero-order chi connectivity index (χ0) is 21.3. The van der Waals surface area contributed by atoms with Crippen molar-refractivity contribution in [2.75, 3.05) is 33.3 Å². The lowest BCUT2D eigenvalue weighted by molar-refractivity contribution is -0.131. The van der Waals surface area contributed by atoms with Gasteiger partial charge in [0.25, 0.3) is 0 Å². The Balaban J connectivity index is 1.41. The number of benzene rings is 2. The number of hydrogen-bond donors (Lipinski definition) is 0. The zero-order valence-electron chi connectivity index (χ0n) is 16.4. The first kappa shape index (κ1) is 20.4. The van der Waals surface area contributed by atoms with E-state index in [9.17, 15) is 17.6 Å². The summed E-state index contributed by atoms with van der Waals surface area (Å²) < 4.78 is 50.8. The predicted molar refractivity (Wildman–Crippen MR) is 108 cm³/mol. The Bertz CT molecular complexity index is 1180. The van der Waals surface area contributed by atoms with Gasteiger partial charge in [-0.1, -0.05) is 6.07 Å². The molecule has 9 heteroatoms. The highest BCUT2D eigenvalue weighted by molar-refractivity contribution is 7.89. The average molecular weight is 432 g/mol. The fraction of sp³-hybridized carbons (Fsp3) is 0.286. The van der Waals surface area contributed by atoms with E-state index in [0.717, 1.165) is 17.0 Å². The molecule has 0 radical (unpaired) electrons. The monoisotopic (exact) mass is 432 g/mol. The number of fused-ring (bicyclic) bond motifs is 1. The fourth-order valence-corrected chi connectivity index (χ4v) is 5.01. The van der Waals surface area contributed by atoms with Crippen molar-refractivity contribution in [3.63, 3.8) is 0 Å². The third-order valence-corrected chi connectivity index (χ3v) is 7.12. The molecule has 1 aromatic heterocycles. The lowest BCUT2D eigenvalue weighted by Crippen LogP contribution is -2.50. The Hall–Kier alpha value is -2.91. The molecule has 1 fully saturated rings. The molecule has 1 amide bonds. The largest absolute Gasteiger partial charge is 0.497 e. The summed E-state index contributed by atoms with van der Waals surface area (Å²) in [5.74, 6) is -0.0310. The molecule has 7 nitrogen and oxygen atoms in total. The molecular formula is C21H21FN2O5S. The molecule has 1 saturated heterocycles. The van der Waals surface area contributed by atoms with Crippen LogP contribution in [0.4, 0.5) is 4.39 Å². The van der Waals surface area contributed by atoms with Gasteiger partial charge in [0.05, 0.1) is 24.7 Å². The lowest BCUT2D eigenvalue weighted by atomic mass is 10.1. The van der Waals surface area contributed by atoms with Crippen molar-refractivity contribution in [1.29, 1.82) is 0 Å². The summed E-state index contributed by atoms with van der Waals surface area (Å²) in [4.78, 5) is 14.3. The van der Waals surface area contributed by atoms with Gasteiger partial charge in [0.1, 0.15) is 17.1 Å². The van der Waals surface area contributed by atoms with Gasteiger partial charge in [0.15, 0.2) is 0 Å². The molecule has 0 spiro atoms. The number of carbonyl (C=O) groups excluding carboxylic acids is 1. The molecule has 1 aliphatic heterocycles. The Labute approximate surface area is 173 Å². The summed E-state index contributed by atoms with van der Waals surface area (Å²) in [6, 6.07) is 10.4. The third-order valence-electron chi connectivity index (χ3n) is 5.23. The summed E-state index contributed by atoms with van der Waals surface area (Å²) in [6.45, 7) is 0.871. The molecule has 0 bridgehead atoms. The highest BCUT2D eigenvalue weighted by Gasteiger charge is 2.30. The van der Waals surface area contributed by atoms with Crippen molar-refractivity contribution in [1.82, 2.24) is 9.21 Å². The molecular weight excluding hydrogens is 411 g/mol. The maximum absolute atomic E-state index is 13.4. The second-order valence-electron chi connectivity index (χ2n) is 7.04. The molecule has 0 saturated carbocycles. The number of furan rings is 1. The van der Waals surface area contributed by atoms with E-state index in [1.807, 2.05) is 12.1 Å². The van der Waals surface area contributed by atoms with Crippen LogP contribution in [0.15, 0.2) is 58.0 Å². The van der Waals surface area contributed by atoms with Crippen LogP contribution >= 0.6 is 0 Å². The van der Waals surface area contributed by atoms with E-state index in [4.69, 9.17) is 9.15 Å². The molecule has 4 rings (SSSR count). The highest BCUT2D eigenvalue weighted by atomic mass is 32.2. The van der Waals surface area contributed by atoms with Crippen LogP contribution in [0.2, 0.25) is 0 Å². The summed E-state index contributed by atoms with van der Waals surface area (Å²) in [5, 5.41) is 0.844. The van der Waals surface area contributed by atoms with Crippen molar-refractivity contribution >= 4 is 26.9 Å². The first-order valence-corrected chi connectivity index (χ1v) is 10.9. The van der Waals surface area contributed by atoms with Gasteiger partial charge in [0, 0.05) is 43.2 Å². The topological polar surface area (TPSA) is 80.1 Å². The molecule has 30 heavy (non-hydrogen) atoms. The number of sulfonamides is 1. The Morgan fingerprint density at radius 3 is 2.60 bits per heavy atom. The fourth-order valence-electron chi connectivity index (χ4n) is 3.56. The van der Waals surface area contributed by atoms with Gasteiger partial charge < -0.3 is 14.1 Å². The van der Waals surface area contributed by atoms with Gasteiger partial charge in [-0.05, 0) is 30.3 Å². The number of piperazine rings is 1.